The summed E-state index contributed by atoms with van der Waals surface area (Å²) in [5.74, 6) is 1.54. The normalized spacial score (nSPS) is 12.0. The van der Waals surface area contributed by atoms with Crippen LogP contribution in [0, 0.1) is 11.3 Å². The number of hydrogen-bond acceptors (Lipinski definition) is 3. The van der Waals surface area contributed by atoms with E-state index in [0.717, 1.165) is 55.9 Å². The molecule has 0 bridgehead atoms. The Balaban J connectivity index is 1.19. The summed E-state index contributed by atoms with van der Waals surface area (Å²) in [6.45, 7) is 0. The van der Waals surface area contributed by atoms with Gasteiger partial charge in [-0.1, -0.05) is 109 Å². The molecule has 2 heterocycles. The topological polar surface area (TPSA) is 45.9 Å². The van der Waals surface area contributed by atoms with Crippen LogP contribution in [0.3, 0.4) is 0 Å². The second-order valence-corrected chi connectivity index (χ2v) is 12.2. The van der Waals surface area contributed by atoms with Gasteiger partial charge in [-0.05, 0) is 90.8 Å². The molecule has 0 atom stereocenters. The Hall–Kier alpha value is -6.50. The van der Waals surface area contributed by atoms with Gasteiger partial charge in [-0.2, -0.15) is 5.26 Å². The minimum Gasteiger partial charge on any atom is -0.456 e. The Kier molecular flexibility index (Phi) is 5.35. The van der Waals surface area contributed by atoms with Gasteiger partial charge in [-0.3, -0.25) is 0 Å². The van der Waals surface area contributed by atoms with Crippen LogP contribution < -0.4 is 4.74 Å². The highest BCUT2D eigenvalue weighted by molar-refractivity contribution is 6.28. The van der Waals surface area contributed by atoms with Crippen molar-refractivity contribution in [3.8, 4) is 62.3 Å². The van der Waals surface area contributed by atoms with E-state index in [0.29, 0.717) is 5.56 Å². The molecule has 9 aromatic rings. The summed E-state index contributed by atoms with van der Waals surface area (Å²) in [4.78, 5) is 5.12. The molecule has 3 heteroatoms. The van der Waals surface area contributed by atoms with Crippen LogP contribution in [-0.2, 0) is 0 Å². The van der Waals surface area contributed by atoms with Crippen LogP contribution in [0.4, 0.5) is 0 Å². The van der Waals surface area contributed by atoms with Crippen LogP contribution in [0.25, 0.3) is 87.9 Å². The predicted molar refractivity (Wildman–Crippen MR) is 192 cm³/mol. The molecule has 0 fully saturated rings. The summed E-state index contributed by atoms with van der Waals surface area (Å²) < 4.78 is 6.40. The molecule has 10 rings (SSSR count). The van der Waals surface area contributed by atoms with E-state index in [4.69, 9.17) is 9.72 Å². The standard InChI is InChI=1S/C44H24N2O/c45-25-26-12-17-33-37-23-22-31(34-8-4-11-40(44(34)37)47-41(33)24-26)30-18-13-28-16-21-36-32(19-14-29-15-20-35(30)42(28)43(29)36)39-10-5-9-38(46-39)27-6-2-1-3-7-27/h1-24H. The first-order valence-electron chi connectivity index (χ1n) is 15.8. The van der Waals surface area contributed by atoms with E-state index in [1.165, 1.54) is 43.4 Å². The summed E-state index contributed by atoms with van der Waals surface area (Å²) in [6, 6.07) is 53.3. The predicted octanol–water partition coefficient (Wildman–Crippen LogP) is 11.8. The number of pyridine rings is 1. The Bertz CT molecular complexity index is 2770. The van der Waals surface area contributed by atoms with Gasteiger partial charge in [0.1, 0.15) is 11.5 Å². The van der Waals surface area contributed by atoms with Crippen molar-refractivity contribution < 1.29 is 4.74 Å². The smallest absolute Gasteiger partial charge is 0.136 e. The van der Waals surface area contributed by atoms with Crippen molar-refractivity contribution in [1.82, 2.24) is 4.98 Å². The number of aromatic nitrogens is 1. The molecule has 0 amide bonds. The van der Waals surface area contributed by atoms with E-state index in [2.05, 4.69) is 121 Å². The number of hydrogen-bond donors (Lipinski definition) is 0. The Morgan fingerprint density at radius 3 is 1.85 bits per heavy atom. The first kappa shape index (κ1) is 25.8. The average molecular weight is 597 g/mol. The van der Waals surface area contributed by atoms with Crippen molar-refractivity contribution in [1.29, 1.82) is 5.26 Å². The Morgan fingerprint density at radius 1 is 0.447 bits per heavy atom. The van der Waals surface area contributed by atoms with E-state index >= 15 is 0 Å². The molecule has 0 aliphatic carbocycles. The van der Waals surface area contributed by atoms with Crippen LogP contribution in [-0.4, -0.2) is 4.98 Å². The molecule has 47 heavy (non-hydrogen) atoms. The van der Waals surface area contributed by atoms with Gasteiger partial charge in [0.15, 0.2) is 0 Å². The summed E-state index contributed by atoms with van der Waals surface area (Å²) in [6.07, 6.45) is 0. The summed E-state index contributed by atoms with van der Waals surface area (Å²) >= 11 is 0. The fourth-order valence-electron chi connectivity index (χ4n) is 7.55. The fourth-order valence-corrected chi connectivity index (χ4v) is 7.55. The molecule has 216 valence electrons. The molecular weight excluding hydrogens is 572 g/mol. The molecule has 1 aliphatic heterocycles. The lowest BCUT2D eigenvalue weighted by atomic mass is 9.85. The van der Waals surface area contributed by atoms with Crippen molar-refractivity contribution in [2.45, 2.75) is 0 Å². The van der Waals surface area contributed by atoms with Crippen LogP contribution in [0.15, 0.2) is 146 Å². The molecule has 0 saturated heterocycles. The van der Waals surface area contributed by atoms with Crippen molar-refractivity contribution in [3.05, 3.63) is 151 Å². The highest BCUT2D eigenvalue weighted by atomic mass is 16.5. The molecule has 0 spiro atoms. The molecule has 0 unspecified atom stereocenters. The fraction of sp³-hybridized carbons (Fsp3) is 0. The number of rotatable bonds is 3. The number of nitriles is 1. The molecule has 1 aliphatic rings. The van der Waals surface area contributed by atoms with Gasteiger partial charge >= 0.3 is 0 Å². The van der Waals surface area contributed by atoms with Gasteiger partial charge in [0.05, 0.1) is 23.0 Å². The van der Waals surface area contributed by atoms with E-state index < -0.39 is 0 Å². The molecule has 3 nitrogen and oxygen atoms in total. The zero-order valence-electron chi connectivity index (χ0n) is 25.2. The lowest BCUT2D eigenvalue weighted by molar-refractivity contribution is 0.487. The summed E-state index contributed by atoms with van der Waals surface area (Å²) in [5, 5.41) is 19.1. The lowest BCUT2D eigenvalue weighted by Gasteiger charge is -2.23. The highest BCUT2D eigenvalue weighted by Crippen LogP contribution is 2.50. The zero-order valence-corrected chi connectivity index (χ0v) is 25.2. The maximum Gasteiger partial charge on any atom is 0.136 e. The third kappa shape index (κ3) is 3.76. The minimum atomic E-state index is 0.590. The summed E-state index contributed by atoms with van der Waals surface area (Å²) in [5.41, 5.74) is 9.26. The minimum absolute atomic E-state index is 0.590. The number of ether oxygens (including phenoxy) is 1. The van der Waals surface area contributed by atoms with Crippen molar-refractivity contribution in [2.75, 3.05) is 0 Å². The monoisotopic (exact) mass is 596 g/mol. The van der Waals surface area contributed by atoms with Crippen LogP contribution in [0.5, 0.6) is 11.5 Å². The zero-order chi connectivity index (χ0) is 31.1. The maximum absolute atomic E-state index is 9.46. The van der Waals surface area contributed by atoms with Crippen LogP contribution >= 0.6 is 0 Å². The molecule has 0 saturated carbocycles. The number of benzene rings is 8. The molecule has 0 N–H and O–H groups in total. The molecule has 0 radical (unpaired) electrons. The van der Waals surface area contributed by atoms with Crippen molar-refractivity contribution in [2.24, 2.45) is 0 Å². The van der Waals surface area contributed by atoms with Crippen LogP contribution in [0.1, 0.15) is 5.56 Å². The SMILES string of the molecule is N#Cc1ccc2c(c1)Oc1cccc3c(-c4ccc5ccc6c(-c7cccc(-c8ccccc8)n7)ccc7ccc4c5c76)ccc-2c13. The van der Waals surface area contributed by atoms with Gasteiger partial charge < -0.3 is 4.74 Å². The van der Waals surface area contributed by atoms with Gasteiger partial charge in [-0.25, -0.2) is 4.98 Å². The quantitative estimate of drug-likeness (QED) is 0.191. The van der Waals surface area contributed by atoms with Gasteiger partial charge in [-0.15, -0.1) is 0 Å². The van der Waals surface area contributed by atoms with Crippen molar-refractivity contribution in [3.63, 3.8) is 0 Å². The van der Waals surface area contributed by atoms with Gasteiger partial charge in [0, 0.05) is 22.1 Å². The van der Waals surface area contributed by atoms with Gasteiger partial charge in [0.2, 0.25) is 0 Å². The van der Waals surface area contributed by atoms with E-state index in [1.54, 1.807) is 0 Å². The highest BCUT2D eigenvalue weighted by Gasteiger charge is 2.23. The third-order valence-electron chi connectivity index (χ3n) is 9.67. The average Bonchev–Trinajstić information content (AvgIpc) is 3.14. The van der Waals surface area contributed by atoms with E-state index in [1.807, 2.05) is 30.3 Å². The molecule has 8 aromatic carbocycles. The first-order valence-corrected chi connectivity index (χ1v) is 15.8. The number of fused-ring (bicyclic) bond motifs is 2. The first-order chi connectivity index (χ1) is 23.2. The van der Waals surface area contributed by atoms with E-state index in [9.17, 15) is 5.26 Å². The largest absolute Gasteiger partial charge is 0.456 e. The second kappa shape index (κ2) is 9.75. The Morgan fingerprint density at radius 2 is 1.06 bits per heavy atom. The summed E-state index contributed by atoms with van der Waals surface area (Å²) in [7, 11) is 0. The van der Waals surface area contributed by atoms with Crippen molar-refractivity contribution >= 4 is 43.1 Å². The van der Waals surface area contributed by atoms with Gasteiger partial charge in [0.25, 0.3) is 0 Å². The Labute approximate surface area is 270 Å². The maximum atomic E-state index is 9.46. The third-order valence-corrected chi connectivity index (χ3v) is 9.67. The number of nitrogens with zero attached hydrogens (tertiary/aromatic N) is 2. The second-order valence-electron chi connectivity index (χ2n) is 12.2. The van der Waals surface area contributed by atoms with E-state index in [-0.39, 0.29) is 0 Å². The lowest BCUT2D eigenvalue weighted by Crippen LogP contribution is -1.98. The molecule has 1 aromatic heterocycles. The molecular formula is C44H24N2O. The van der Waals surface area contributed by atoms with Crippen LogP contribution in [0.2, 0.25) is 0 Å².